The Morgan fingerprint density at radius 3 is 2.63 bits per heavy atom. The van der Waals surface area contributed by atoms with E-state index in [1.807, 2.05) is 13.0 Å². The van der Waals surface area contributed by atoms with E-state index in [9.17, 15) is 15.0 Å². The molecule has 2 bridgehead atoms. The SMILES string of the molecule is CC1=CCC2CC1(O)[C@]2(CO)COC(=O)C(C)(C)C. The molecule has 3 atom stereocenters. The first kappa shape index (κ1) is 14.5. The summed E-state index contributed by atoms with van der Waals surface area (Å²) in [4.78, 5) is 11.9. The normalized spacial score (nSPS) is 37.4. The van der Waals surface area contributed by atoms with Crippen molar-refractivity contribution in [2.75, 3.05) is 13.2 Å². The Kier molecular flexibility index (Phi) is 3.30. The second-order valence-electron chi connectivity index (χ2n) is 7.02. The van der Waals surface area contributed by atoms with Crippen LogP contribution in [-0.4, -0.2) is 35.0 Å². The molecule has 4 nitrogen and oxygen atoms in total. The van der Waals surface area contributed by atoms with E-state index in [-0.39, 0.29) is 25.1 Å². The van der Waals surface area contributed by atoms with E-state index in [4.69, 9.17) is 4.74 Å². The van der Waals surface area contributed by atoms with E-state index in [1.54, 1.807) is 20.8 Å². The number of hydrogen-bond donors (Lipinski definition) is 2. The van der Waals surface area contributed by atoms with Crippen molar-refractivity contribution in [1.82, 2.24) is 0 Å². The number of aliphatic hydroxyl groups is 2. The van der Waals surface area contributed by atoms with Gasteiger partial charge in [-0.25, -0.2) is 0 Å². The van der Waals surface area contributed by atoms with Crippen LogP contribution in [0, 0.1) is 16.7 Å². The van der Waals surface area contributed by atoms with Gasteiger partial charge in [0.1, 0.15) is 6.61 Å². The molecule has 0 saturated heterocycles. The Bertz CT molecular complexity index is 420. The highest BCUT2D eigenvalue weighted by molar-refractivity contribution is 5.75. The van der Waals surface area contributed by atoms with Crippen molar-refractivity contribution in [3.8, 4) is 0 Å². The molecule has 0 heterocycles. The molecule has 19 heavy (non-hydrogen) atoms. The number of hydrogen-bond acceptors (Lipinski definition) is 4. The molecule has 0 spiro atoms. The summed E-state index contributed by atoms with van der Waals surface area (Å²) >= 11 is 0. The number of esters is 1. The zero-order valence-electron chi connectivity index (χ0n) is 12.2. The maximum absolute atomic E-state index is 11.9. The molecule has 3 aliphatic rings. The minimum absolute atomic E-state index is 0.0892. The number of rotatable bonds is 3. The summed E-state index contributed by atoms with van der Waals surface area (Å²) in [5.41, 5.74) is -1.41. The summed E-state index contributed by atoms with van der Waals surface area (Å²) in [7, 11) is 0. The van der Waals surface area contributed by atoms with Crippen molar-refractivity contribution >= 4 is 5.97 Å². The minimum atomic E-state index is -1.01. The van der Waals surface area contributed by atoms with Crippen LogP contribution in [0.2, 0.25) is 0 Å². The van der Waals surface area contributed by atoms with Crippen LogP contribution in [0.3, 0.4) is 0 Å². The van der Waals surface area contributed by atoms with Crippen LogP contribution < -0.4 is 0 Å². The van der Waals surface area contributed by atoms with Crippen LogP contribution in [-0.2, 0) is 9.53 Å². The van der Waals surface area contributed by atoms with Gasteiger partial charge in [-0.05, 0) is 52.0 Å². The van der Waals surface area contributed by atoms with Crippen molar-refractivity contribution in [2.45, 2.75) is 46.1 Å². The van der Waals surface area contributed by atoms with E-state index < -0.39 is 16.4 Å². The molecule has 2 unspecified atom stereocenters. The Hall–Kier alpha value is -0.870. The third kappa shape index (κ3) is 1.93. The van der Waals surface area contributed by atoms with Crippen molar-refractivity contribution in [1.29, 1.82) is 0 Å². The first-order chi connectivity index (χ1) is 8.67. The molecular weight excluding hydrogens is 244 g/mol. The summed E-state index contributed by atoms with van der Waals surface area (Å²) in [6.45, 7) is 7.20. The zero-order valence-corrected chi connectivity index (χ0v) is 12.2. The standard InChI is InChI=1S/C15H24O4/c1-10-5-6-11-7-15(10,18)14(11,8-16)9-19-12(17)13(2,3)4/h5,11,16,18H,6-9H2,1-4H3/t11?,14-,15?/m1/s1. The van der Waals surface area contributed by atoms with Crippen LogP contribution >= 0.6 is 0 Å². The summed E-state index contributed by atoms with van der Waals surface area (Å²) in [6, 6.07) is 0. The van der Waals surface area contributed by atoms with Crippen LogP contribution in [0.4, 0.5) is 0 Å². The summed E-state index contributed by atoms with van der Waals surface area (Å²) in [5.74, 6) is -0.102. The van der Waals surface area contributed by atoms with Crippen molar-refractivity contribution < 1.29 is 19.7 Å². The Morgan fingerprint density at radius 1 is 1.53 bits per heavy atom. The lowest BCUT2D eigenvalue weighted by Gasteiger charge is -2.63. The molecule has 0 aliphatic heterocycles. The van der Waals surface area contributed by atoms with E-state index in [1.165, 1.54) is 0 Å². The fourth-order valence-electron chi connectivity index (χ4n) is 3.27. The van der Waals surface area contributed by atoms with E-state index in [0.29, 0.717) is 6.42 Å². The predicted molar refractivity (Wildman–Crippen MR) is 71.4 cm³/mol. The van der Waals surface area contributed by atoms with Gasteiger partial charge >= 0.3 is 5.97 Å². The Balaban J connectivity index is 2.14. The van der Waals surface area contributed by atoms with Gasteiger partial charge in [0.05, 0.1) is 23.0 Å². The van der Waals surface area contributed by atoms with Crippen LogP contribution in [0.1, 0.15) is 40.5 Å². The Labute approximate surface area is 114 Å². The maximum atomic E-state index is 11.9. The highest BCUT2D eigenvalue weighted by Gasteiger charge is 2.67. The van der Waals surface area contributed by atoms with Crippen molar-refractivity contribution in [2.24, 2.45) is 16.7 Å². The highest BCUT2D eigenvalue weighted by atomic mass is 16.5. The topological polar surface area (TPSA) is 66.8 Å². The molecule has 0 amide bonds. The number of carbonyl (C=O) groups is 1. The molecule has 2 N–H and O–H groups in total. The number of fused-ring (bicyclic) bond motifs is 1. The molecule has 3 aliphatic carbocycles. The molecule has 1 saturated carbocycles. The predicted octanol–water partition coefficient (Wildman–Crippen LogP) is 1.66. The van der Waals surface area contributed by atoms with Gasteiger partial charge in [-0.2, -0.15) is 0 Å². The summed E-state index contributed by atoms with van der Waals surface area (Å²) in [6.07, 6.45) is 3.51. The quantitative estimate of drug-likeness (QED) is 0.603. The third-order valence-corrected chi connectivity index (χ3v) is 4.86. The fraction of sp³-hybridized carbons (Fsp3) is 0.800. The first-order valence-electron chi connectivity index (χ1n) is 6.85. The van der Waals surface area contributed by atoms with E-state index in [2.05, 4.69) is 0 Å². The molecule has 0 radical (unpaired) electrons. The number of allylic oxidation sites excluding steroid dienone is 1. The van der Waals surface area contributed by atoms with E-state index >= 15 is 0 Å². The molecule has 4 heteroatoms. The Morgan fingerprint density at radius 2 is 2.16 bits per heavy atom. The van der Waals surface area contributed by atoms with Gasteiger partial charge in [0.25, 0.3) is 0 Å². The minimum Gasteiger partial charge on any atom is -0.464 e. The lowest BCUT2D eigenvalue weighted by Crippen LogP contribution is -2.70. The number of aliphatic hydroxyl groups excluding tert-OH is 1. The van der Waals surface area contributed by atoms with Gasteiger partial charge in [-0.3, -0.25) is 4.79 Å². The third-order valence-electron chi connectivity index (χ3n) is 4.86. The zero-order chi connectivity index (χ0) is 14.5. The molecule has 0 aromatic rings. The van der Waals surface area contributed by atoms with Crippen LogP contribution in [0.15, 0.2) is 11.6 Å². The van der Waals surface area contributed by atoms with Gasteiger partial charge in [-0.15, -0.1) is 0 Å². The maximum Gasteiger partial charge on any atom is 0.311 e. The molecule has 1 fully saturated rings. The molecule has 3 rings (SSSR count). The van der Waals surface area contributed by atoms with Gasteiger partial charge in [0.15, 0.2) is 0 Å². The molecular formula is C15H24O4. The van der Waals surface area contributed by atoms with E-state index in [0.717, 1.165) is 12.0 Å². The van der Waals surface area contributed by atoms with Crippen LogP contribution in [0.25, 0.3) is 0 Å². The van der Waals surface area contributed by atoms with Gasteiger partial charge < -0.3 is 14.9 Å². The molecule has 0 aromatic heterocycles. The van der Waals surface area contributed by atoms with Crippen LogP contribution in [0.5, 0.6) is 0 Å². The lowest BCUT2D eigenvalue weighted by atomic mass is 9.45. The van der Waals surface area contributed by atoms with Crippen molar-refractivity contribution in [3.05, 3.63) is 11.6 Å². The monoisotopic (exact) mass is 268 g/mol. The summed E-state index contributed by atoms with van der Waals surface area (Å²) < 4.78 is 5.37. The second-order valence-corrected chi connectivity index (χ2v) is 7.02. The summed E-state index contributed by atoms with van der Waals surface area (Å²) in [5, 5.41) is 20.5. The largest absolute Gasteiger partial charge is 0.464 e. The lowest BCUT2D eigenvalue weighted by molar-refractivity contribution is -0.237. The van der Waals surface area contributed by atoms with Gasteiger partial charge in [0.2, 0.25) is 0 Å². The number of carbonyl (C=O) groups excluding carboxylic acids is 1. The average Bonchev–Trinajstić information content (AvgIpc) is 2.31. The van der Waals surface area contributed by atoms with Gasteiger partial charge in [-0.1, -0.05) is 6.08 Å². The van der Waals surface area contributed by atoms with Crippen molar-refractivity contribution in [3.63, 3.8) is 0 Å². The van der Waals surface area contributed by atoms with Gasteiger partial charge in [0, 0.05) is 0 Å². The first-order valence-corrected chi connectivity index (χ1v) is 6.85. The number of ether oxygens (including phenoxy) is 1. The fourth-order valence-corrected chi connectivity index (χ4v) is 3.27. The second kappa shape index (κ2) is 4.32. The average molecular weight is 268 g/mol. The molecule has 0 aromatic carbocycles. The highest BCUT2D eigenvalue weighted by Crippen LogP contribution is 2.62. The smallest absolute Gasteiger partial charge is 0.311 e. The molecule has 108 valence electrons.